The Labute approximate surface area is 607 Å². The van der Waals surface area contributed by atoms with E-state index in [1.165, 1.54) is 22.3 Å². The summed E-state index contributed by atoms with van der Waals surface area (Å²) in [5.74, 6) is 5.62. The first kappa shape index (κ1) is 69.1. The zero-order valence-electron chi connectivity index (χ0n) is 54.8. The van der Waals surface area contributed by atoms with Gasteiger partial charge in [0, 0.05) is 98.2 Å². The van der Waals surface area contributed by atoms with E-state index in [0.717, 1.165) is 118 Å². The predicted octanol–water partition coefficient (Wildman–Crippen LogP) is 17.8. The Balaban J connectivity index is 0.000000171. The summed E-state index contributed by atoms with van der Waals surface area (Å²) < 4.78 is 50.1. The van der Waals surface area contributed by atoms with Crippen LogP contribution >= 0.6 is 20.2 Å². The van der Waals surface area contributed by atoms with Crippen LogP contribution < -0.4 is 28.4 Å². The Bertz CT molecular complexity index is 4370. The molecule has 18 heteroatoms. The van der Waals surface area contributed by atoms with Crippen molar-refractivity contribution in [1.29, 1.82) is 0 Å². The van der Waals surface area contributed by atoms with Gasteiger partial charge in [-0.2, -0.15) is 0 Å². The summed E-state index contributed by atoms with van der Waals surface area (Å²) in [7, 11) is 12.7. The van der Waals surface area contributed by atoms with Gasteiger partial charge in [-0.15, -0.1) is 0 Å². The van der Waals surface area contributed by atoms with Crippen LogP contribution in [-0.4, -0.2) is 44.0 Å². The van der Waals surface area contributed by atoms with E-state index in [1.54, 1.807) is 14.2 Å². The van der Waals surface area contributed by atoms with Crippen molar-refractivity contribution in [3.63, 3.8) is 0 Å². The molecule has 16 rings (SSSR count). The van der Waals surface area contributed by atoms with Crippen LogP contribution in [0.4, 0.5) is 0 Å². The van der Waals surface area contributed by atoms with Crippen molar-refractivity contribution in [3.05, 3.63) is 357 Å². The molecule has 0 aliphatic carbocycles. The van der Waals surface area contributed by atoms with E-state index in [9.17, 15) is 0 Å². The van der Waals surface area contributed by atoms with Crippen molar-refractivity contribution in [2.24, 2.45) is 0 Å². The molecule has 2 spiro atoms. The van der Waals surface area contributed by atoms with Gasteiger partial charge in [0.05, 0.1) is 61.6 Å². The van der Waals surface area contributed by atoms with Gasteiger partial charge in [0.15, 0.2) is 11.2 Å². The van der Waals surface area contributed by atoms with Crippen LogP contribution in [-0.2, 0) is 117 Å². The molecule has 8 aromatic carbocycles. The Kier molecular flexibility index (Phi) is 22.3. The van der Waals surface area contributed by atoms with E-state index in [0.29, 0.717) is 74.0 Å². The fourth-order valence-corrected chi connectivity index (χ4v) is 13.5. The van der Waals surface area contributed by atoms with E-state index < -0.39 is 11.2 Å². The van der Waals surface area contributed by atoms with Crippen molar-refractivity contribution in [3.8, 4) is 46.0 Å². The third-order valence-corrected chi connectivity index (χ3v) is 17.9. The van der Waals surface area contributed by atoms with Gasteiger partial charge < -0.3 is 37.9 Å². The van der Waals surface area contributed by atoms with Crippen molar-refractivity contribution in [2.45, 2.75) is 76.9 Å². The molecule has 0 fully saturated rings. The van der Waals surface area contributed by atoms with Gasteiger partial charge >= 0.3 is 50.4 Å². The smallest absolute Gasteiger partial charge is 2.00 e. The van der Waals surface area contributed by atoms with Crippen LogP contribution in [0.3, 0.4) is 0 Å². The minimum absolute atomic E-state index is 0. The number of methoxy groups -OCH3 is 2. The van der Waals surface area contributed by atoms with Crippen LogP contribution in [0.25, 0.3) is 0 Å². The largest absolute Gasteiger partial charge is 2.00 e. The molecule has 1 radical (unpaired) electrons. The van der Waals surface area contributed by atoms with Gasteiger partial charge in [-0.3, -0.25) is 29.7 Å². The quantitative estimate of drug-likeness (QED) is 0.0671. The number of benzene rings is 8. The number of hydrogen-bond donors (Lipinski definition) is 0. The molecule has 0 bridgehead atoms. The minimum atomic E-state index is -0.777. The third kappa shape index (κ3) is 15.3. The van der Waals surface area contributed by atoms with E-state index in [4.69, 9.17) is 47.9 Å². The third-order valence-electron chi connectivity index (χ3n) is 17.9. The molecule has 510 valence electrons. The molecule has 2 unspecified atom stereocenters. The second-order valence-electron chi connectivity index (χ2n) is 24.3. The van der Waals surface area contributed by atoms with Gasteiger partial charge in [-0.05, 0) is 130 Å². The van der Waals surface area contributed by atoms with Gasteiger partial charge in [-0.1, -0.05) is 133 Å². The fourth-order valence-electron chi connectivity index (χ4n) is 13.5. The molecule has 4 aromatic heterocycles. The first-order chi connectivity index (χ1) is 48.8. The molecule has 0 saturated carbocycles. The molecule has 8 heterocycles. The maximum Gasteiger partial charge on any atom is 2.00 e. The summed E-state index contributed by atoms with van der Waals surface area (Å²) in [4.78, 5) is 23.8. The Hall–Kier alpha value is -9.38. The summed E-state index contributed by atoms with van der Waals surface area (Å²) >= 11 is 0.757. The average Bonchev–Trinajstić information content (AvgIpc) is 1.43. The number of ether oxygens (including phenoxy) is 8. The molecule has 100 heavy (non-hydrogen) atoms. The van der Waals surface area contributed by atoms with E-state index >= 15 is 0 Å². The number of nitrogens with zero attached hydrogens (tertiary/aromatic N) is 6. The first-order valence-electron chi connectivity index (χ1n) is 32.5. The number of hydrogen-bond acceptors (Lipinski definition) is 14. The molecule has 12 aromatic rings. The van der Waals surface area contributed by atoms with Crippen LogP contribution in [0.1, 0.15) is 89.8 Å². The van der Waals surface area contributed by atoms with Crippen molar-refractivity contribution in [1.82, 2.24) is 29.7 Å². The zero-order chi connectivity index (χ0) is 67.4. The van der Waals surface area contributed by atoms with Crippen LogP contribution in [0, 0.1) is 0 Å². The molecule has 2 atom stereocenters. The van der Waals surface area contributed by atoms with Crippen LogP contribution in [0.5, 0.6) is 46.0 Å². The topological polar surface area (TPSA) is 132 Å². The molecular weight excluding hydrogens is 1390 g/mol. The van der Waals surface area contributed by atoms with Crippen molar-refractivity contribution in [2.75, 3.05) is 14.2 Å². The minimum Gasteiger partial charge on any atom is 2.00 e. The van der Waals surface area contributed by atoms with Crippen molar-refractivity contribution >= 4 is 20.2 Å². The number of fused-ring (bicyclic) bond motifs is 12. The van der Waals surface area contributed by atoms with E-state index in [2.05, 4.69) is 173 Å². The second kappa shape index (κ2) is 32.3. The number of aromatic nitrogens is 4. The molecule has 0 amide bonds. The zero-order valence-corrected chi connectivity index (χ0v) is 58.2. The molecular formula is C82H70Cl2Cu2N6O8+2. The molecule has 14 nitrogen and oxygen atoms in total. The maximum atomic E-state index is 6.69. The second-order valence-corrected chi connectivity index (χ2v) is 25.8. The Morgan fingerprint density at radius 3 is 1.10 bits per heavy atom. The normalized spacial score (nSPS) is 15.4. The van der Waals surface area contributed by atoms with Crippen LogP contribution in [0.15, 0.2) is 267 Å². The predicted molar refractivity (Wildman–Crippen MR) is 377 cm³/mol. The number of halogens is 2. The monoisotopic (exact) mass is 1460 g/mol. The van der Waals surface area contributed by atoms with Crippen LogP contribution in [0.2, 0.25) is 0 Å². The summed E-state index contributed by atoms with van der Waals surface area (Å²) in [6, 6.07) is 85.9. The van der Waals surface area contributed by atoms with E-state index in [-0.39, 0.29) is 17.1 Å². The van der Waals surface area contributed by atoms with Gasteiger partial charge in [0.25, 0.3) is 0 Å². The van der Waals surface area contributed by atoms with Gasteiger partial charge in [0.2, 0.25) is 0 Å². The summed E-state index contributed by atoms with van der Waals surface area (Å²) in [5, 5.41) is 0. The Morgan fingerprint density at radius 2 is 0.710 bits per heavy atom. The standard InChI is InChI=1S/2C41H35N3O4.2ClH.2Cu/c2*1-45-34-17-19-37-39(22-34)48-40-23-35(18-20-38(40)41(37)36-16-6-5-12-30(36)27-47-41)46-28-33-15-9-14-32(43-33)26-44(24-29-10-3-2-4-11-29)25-31-13-7-8-21-42-31;;;;/h2*2-23H,24-28H2,1H3;2*1H;;/q;;;;2*+2/p-2. The number of rotatable bonds is 20. The van der Waals surface area contributed by atoms with Crippen molar-refractivity contribution < 1.29 is 68.1 Å². The Morgan fingerprint density at radius 1 is 0.370 bits per heavy atom. The van der Waals surface area contributed by atoms with Gasteiger partial charge in [0.1, 0.15) is 59.2 Å². The summed E-state index contributed by atoms with van der Waals surface area (Å²) in [6.07, 6.45) is 3.68. The average molecular weight is 1470 g/mol. The number of pyridine rings is 4. The first-order valence-corrected chi connectivity index (χ1v) is 35.1. The SMILES string of the molecule is COc1ccc2c(c1)Oc1cc(OCc3cccc(CN(Cc4ccccc4)Cc4ccccn4)n3)ccc1C21OCc2ccccc21.COc1ccc2c(c1)Oc1cc(OCc3cccc(CN(Cc4ccccc4)Cc4ccccn4)n3)ccc1C21OCc2ccccc21.[Cl][Cu][Cl].[Cu+2]. The maximum absolute atomic E-state index is 6.69. The van der Waals surface area contributed by atoms with E-state index in [1.807, 2.05) is 134 Å². The molecule has 0 N–H and O–H groups in total. The molecule has 4 aliphatic heterocycles. The summed E-state index contributed by atoms with van der Waals surface area (Å²) in [6.45, 7) is 6.06. The summed E-state index contributed by atoms with van der Waals surface area (Å²) in [5.41, 5.74) is 15.0. The molecule has 4 aliphatic rings. The van der Waals surface area contributed by atoms with Gasteiger partial charge in [-0.25, -0.2) is 0 Å². The molecule has 0 saturated heterocycles. The fraction of sp³-hybridized carbons (Fsp3) is 0.171.